The van der Waals surface area contributed by atoms with Gasteiger partial charge in [0.25, 0.3) is 5.56 Å². The second-order valence-corrected chi connectivity index (χ2v) is 7.55. The molecule has 0 aliphatic rings. The molecule has 0 aliphatic heterocycles. The normalized spacial score (nSPS) is 12.2. The number of aromatic amines is 1. The Bertz CT molecular complexity index is 983. The van der Waals surface area contributed by atoms with Crippen LogP contribution in [0.5, 0.6) is 0 Å². The molecular weight excluding hydrogens is 387 g/mol. The molecule has 0 atom stereocenters. The maximum Gasteiger partial charge on any atom is 0.416 e. The minimum atomic E-state index is -4.48. The summed E-state index contributed by atoms with van der Waals surface area (Å²) in [6.07, 6.45) is -4.48. The Hall–Kier alpha value is -1.90. The molecule has 1 N–H and O–H groups in total. The van der Waals surface area contributed by atoms with Crippen molar-refractivity contribution in [2.75, 3.05) is 6.54 Å². The zero-order valence-electron chi connectivity index (χ0n) is 13.7. The van der Waals surface area contributed by atoms with Gasteiger partial charge in [0.2, 0.25) is 0 Å². The minimum Gasteiger partial charge on any atom is -0.309 e. The quantitative estimate of drug-likeness (QED) is 0.675. The van der Waals surface area contributed by atoms with Crippen LogP contribution >= 0.6 is 22.9 Å². The molecule has 2 aromatic heterocycles. The molecule has 26 heavy (non-hydrogen) atoms. The lowest BCUT2D eigenvalue weighted by Gasteiger charge is -2.19. The summed E-state index contributed by atoms with van der Waals surface area (Å²) in [4.78, 5) is 22.1. The van der Waals surface area contributed by atoms with E-state index in [1.54, 1.807) is 0 Å². The van der Waals surface area contributed by atoms with Crippen molar-refractivity contribution in [3.8, 4) is 0 Å². The van der Waals surface area contributed by atoms with E-state index in [1.807, 2.05) is 24.0 Å². The number of nitrogens with one attached hydrogen (secondary N) is 1. The Morgan fingerprint density at radius 2 is 2.00 bits per heavy atom. The van der Waals surface area contributed by atoms with E-state index < -0.39 is 17.3 Å². The zero-order valence-corrected chi connectivity index (χ0v) is 15.3. The summed E-state index contributed by atoms with van der Waals surface area (Å²) in [7, 11) is 0. The molecule has 4 nitrogen and oxygen atoms in total. The molecule has 0 amide bonds. The fraction of sp³-hybridized carbons (Fsp3) is 0.294. The number of aromatic nitrogens is 2. The SMILES string of the molecule is CCN(Cc1nc2cc(C(F)(F)F)ccc2c(=O)[nH]1)Cc1ccc(Cl)s1. The van der Waals surface area contributed by atoms with E-state index >= 15 is 0 Å². The molecule has 0 saturated carbocycles. The lowest BCUT2D eigenvalue weighted by atomic mass is 10.1. The van der Waals surface area contributed by atoms with E-state index in [1.165, 1.54) is 11.3 Å². The Balaban J connectivity index is 1.90. The third kappa shape index (κ3) is 4.25. The van der Waals surface area contributed by atoms with Crippen LogP contribution in [-0.4, -0.2) is 21.4 Å². The molecule has 0 spiro atoms. The van der Waals surface area contributed by atoms with Crippen molar-refractivity contribution in [1.82, 2.24) is 14.9 Å². The molecular formula is C17H15ClF3N3OS. The van der Waals surface area contributed by atoms with Crippen molar-refractivity contribution < 1.29 is 13.2 Å². The number of fused-ring (bicyclic) bond motifs is 1. The lowest BCUT2D eigenvalue weighted by Crippen LogP contribution is -2.25. The van der Waals surface area contributed by atoms with Crippen LogP contribution in [0.15, 0.2) is 35.1 Å². The van der Waals surface area contributed by atoms with E-state index in [4.69, 9.17) is 11.6 Å². The Labute approximate surface area is 156 Å². The highest BCUT2D eigenvalue weighted by molar-refractivity contribution is 7.16. The van der Waals surface area contributed by atoms with Crippen LogP contribution in [0.4, 0.5) is 13.2 Å². The molecule has 2 heterocycles. The average molecular weight is 402 g/mol. The summed E-state index contributed by atoms with van der Waals surface area (Å²) >= 11 is 7.39. The van der Waals surface area contributed by atoms with Gasteiger partial charge in [-0.2, -0.15) is 13.2 Å². The van der Waals surface area contributed by atoms with E-state index in [-0.39, 0.29) is 10.9 Å². The number of H-pyrrole nitrogens is 1. The topological polar surface area (TPSA) is 49.0 Å². The number of halogens is 4. The second kappa shape index (κ2) is 7.38. The minimum absolute atomic E-state index is 0.0359. The monoisotopic (exact) mass is 401 g/mol. The fourth-order valence-corrected chi connectivity index (χ4v) is 3.72. The fourth-order valence-electron chi connectivity index (χ4n) is 2.59. The molecule has 0 bridgehead atoms. The smallest absolute Gasteiger partial charge is 0.309 e. The number of thiophene rings is 1. The Morgan fingerprint density at radius 1 is 1.23 bits per heavy atom. The van der Waals surface area contributed by atoms with Crippen molar-refractivity contribution in [3.63, 3.8) is 0 Å². The van der Waals surface area contributed by atoms with Crippen molar-refractivity contribution >= 4 is 33.8 Å². The molecule has 0 saturated heterocycles. The number of nitrogens with zero attached hydrogens (tertiary/aromatic N) is 2. The van der Waals surface area contributed by atoms with Gasteiger partial charge in [-0.25, -0.2) is 4.98 Å². The highest BCUT2D eigenvalue weighted by Gasteiger charge is 2.30. The van der Waals surface area contributed by atoms with Crippen LogP contribution in [0.1, 0.15) is 23.2 Å². The van der Waals surface area contributed by atoms with Gasteiger partial charge in [0.05, 0.1) is 27.3 Å². The number of hydrogen-bond donors (Lipinski definition) is 1. The number of hydrogen-bond acceptors (Lipinski definition) is 4. The number of rotatable bonds is 5. The molecule has 3 aromatic rings. The van der Waals surface area contributed by atoms with E-state index in [0.29, 0.717) is 29.8 Å². The van der Waals surface area contributed by atoms with Gasteiger partial charge in [0, 0.05) is 11.4 Å². The van der Waals surface area contributed by atoms with Gasteiger partial charge in [0.15, 0.2) is 0 Å². The van der Waals surface area contributed by atoms with E-state index in [2.05, 4.69) is 9.97 Å². The molecule has 0 radical (unpaired) electrons. The molecule has 138 valence electrons. The van der Waals surface area contributed by atoms with Gasteiger partial charge < -0.3 is 4.98 Å². The maximum absolute atomic E-state index is 12.9. The third-order valence-corrected chi connectivity index (χ3v) is 5.13. The predicted octanol–water partition coefficient (Wildman–Crippen LogP) is 4.68. The summed E-state index contributed by atoms with van der Waals surface area (Å²) in [5, 5.41) is 0.134. The third-order valence-electron chi connectivity index (χ3n) is 3.91. The lowest BCUT2D eigenvalue weighted by molar-refractivity contribution is -0.137. The largest absolute Gasteiger partial charge is 0.416 e. The molecule has 0 fully saturated rings. The average Bonchev–Trinajstić information content (AvgIpc) is 2.98. The van der Waals surface area contributed by atoms with E-state index in [0.717, 1.165) is 23.1 Å². The van der Waals surface area contributed by atoms with Gasteiger partial charge in [-0.3, -0.25) is 9.69 Å². The van der Waals surface area contributed by atoms with Crippen molar-refractivity contribution in [2.24, 2.45) is 0 Å². The van der Waals surface area contributed by atoms with Gasteiger partial charge in [-0.15, -0.1) is 11.3 Å². The highest BCUT2D eigenvalue weighted by atomic mass is 35.5. The molecule has 1 aromatic carbocycles. The number of benzene rings is 1. The molecule has 3 rings (SSSR count). The predicted molar refractivity (Wildman–Crippen MR) is 96.5 cm³/mol. The number of alkyl halides is 3. The summed E-state index contributed by atoms with van der Waals surface area (Å²) < 4.78 is 39.4. The summed E-state index contributed by atoms with van der Waals surface area (Å²) in [6.45, 7) is 3.56. The van der Waals surface area contributed by atoms with Crippen LogP contribution in [0.2, 0.25) is 4.34 Å². The summed E-state index contributed by atoms with van der Waals surface area (Å²) in [6, 6.07) is 6.67. The van der Waals surface area contributed by atoms with Gasteiger partial charge >= 0.3 is 6.18 Å². The zero-order chi connectivity index (χ0) is 18.9. The first-order chi connectivity index (χ1) is 12.3. The first kappa shape index (κ1) is 18.9. The maximum atomic E-state index is 12.9. The second-order valence-electron chi connectivity index (χ2n) is 5.75. The van der Waals surface area contributed by atoms with Crippen molar-refractivity contribution in [2.45, 2.75) is 26.2 Å². The standard InChI is InChI=1S/C17H15ClF3N3OS/c1-2-24(8-11-4-6-14(18)26-11)9-15-22-13-7-10(17(19,20)21)3-5-12(13)16(25)23-15/h3-7H,2,8-9H2,1H3,(H,22,23,25). The van der Waals surface area contributed by atoms with Crippen LogP contribution in [0, 0.1) is 0 Å². The first-order valence-electron chi connectivity index (χ1n) is 7.83. The van der Waals surface area contributed by atoms with Crippen LogP contribution in [-0.2, 0) is 19.3 Å². The molecule has 9 heteroatoms. The Kier molecular flexibility index (Phi) is 5.36. The first-order valence-corrected chi connectivity index (χ1v) is 9.02. The van der Waals surface area contributed by atoms with Crippen LogP contribution in [0.3, 0.4) is 0 Å². The van der Waals surface area contributed by atoms with Crippen molar-refractivity contribution in [1.29, 1.82) is 0 Å². The van der Waals surface area contributed by atoms with Crippen molar-refractivity contribution in [3.05, 3.63) is 61.3 Å². The summed E-state index contributed by atoms with van der Waals surface area (Å²) in [5.74, 6) is 0.325. The summed E-state index contributed by atoms with van der Waals surface area (Å²) in [5.41, 5.74) is -1.24. The van der Waals surface area contributed by atoms with Crippen LogP contribution < -0.4 is 5.56 Å². The molecule has 0 aliphatic carbocycles. The van der Waals surface area contributed by atoms with E-state index in [9.17, 15) is 18.0 Å². The van der Waals surface area contributed by atoms with Gasteiger partial charge in [-0.05, 0) is 36.9 Å². The molecule has 0 unspecified atom stereocenters. The highest BCUT2D eigenvalue weighted by Crippen LogP contribution is 2.30. The van der Waals surface area contributed by atoms with Gasteiger partial charge in [-0.1, -0.05) is 18.5 Å². The van der Waals surface area contributed by atoms with Gasteiger partial charge in [0.1, 0.15) is 5.82 Å². The Morgan fingerprint density at radius 3 is 2.62 bits per heavy atom. The van der Waals surface area contributed by atoms with Crippen LogP contribution in [0.25, 0.3) is 10.9 Å².